The molecule has 3 rings (SSSR count). The normalized spacial score (nSPS) is 18.0. The van der Waals surface area contributed by atoms with E-state index in [9.17, 15) is 4.21 Å². The van der Waals surface area contributed by atoms with Gasteiger partial charge in [0.15, 0.2) is 0 Å². The van der Waals surface area contributed by atoms with E-state index in [1.54, 1.807) is 11.3 Å². The fourth-order valence-electron chi connectivity index (χ4n) is 2.78. The van der Waals surface area contributed by atoms with Gasteiger partial charge in [-0.2, -0.15) is 0 Å². The number of hydrogen-bond acceptors (Lipinski definition) is 5. The molecule has 2 aromatic rings. The second-order valence-electron chi connectivity index (χ2n) is 5.68. The van der Waals surface area contributed by atoms with Crippen molar-refractivity contribution < 1.29 is 8.73 Å². The first-order chi connectivity index (χ1) is 10.2. The zero-order valence-electron chi connectivity index (χ0n) is 12.2. The number of nitrogens with zero attached hydrogens (tertiary/aromatic N) is 2. The van der Waals surface area contributed by atoms with Crippen molar-refractivity contribution in [1.29, 1.82) is 0 Å². The van der Waals surface area contributed by atoms with E-state index in [1.165, 1.54) is 37.1 Å². The van der Waals surface area contributed by atoms with Crippen LogP contribution in [0.5, 0.6) is 0 Å². The monoisotopic (exact) mass is 324 g/mol. The Kier molecular flexibility index (Phi) is 4.85. The second kappa shape index (κ2) is 6.83. The van der Waals surface area contributed by atoms with E-state index in [-0.39, 0.29) is 0 Å². The molecule has 1 atom stereocenters. The van der Waals surface area contributed by atoms with Gasteiger partial charge in [-0.05, 0) is 19.8 Å². The van der Waals surface area contributed by atoms with E-state index in [0.717, 1.165) is 11.4 Å². The van der Waals surface area contributed by atoms with Gasteiger partial charge in [0.2, 0.25) is 0 Å². The number of aryl methyl sites for hydroxylation is 1. The molecule has 0 amide bonds. The molecule has 114 valence electrons. The minimum atomic E-state index is -0.990. The summed E-state index contributed by atoms with van der Waals surface area (Å²) in [7, 11) is -0.990. The Balaban J connectivity index is 1.57. The second-order valence-corrected chi connectivity index (χ2v) is 8.02. The smallest absolute Gasteiger partial charge is 0.149 e. The zero-order chi connectivity index (χ0) is 14.7. The van der Waals surface area contributed by atoms with E-state index in [2.05, 4.69) is 10.5 Å². The molecule has 0 spiro atoms. The van der Waals surface area contributed by atoms with Crippen LogP contribution in [0.15, 0.2) is 16.0 Å². The van der Waals surface area contributed by atoms with Crippen molar-refractivity contribution in [3.05, 3.63) is 33.6 Å². The molecular formula is C15H20N2O2S2. The third kappa shape index (κ3) is 4.01. The maximum Gasteiger partial charge on any atom is 0.149 e. The van der Waals surface area contributed by atoms with Gasteiger partial charge in [0, 0.05) is 28.2 Å². The quantitative estimate of drug-likeness (QED) is 0.836. The molecule has 0 aliphatic heterocycles. The standard InChI is InChI=1S/C15H20N2O2S2/c1-11-7-14(19-17-11)10-21(18)9-13-8-20-15(16-13)12-5-3-2-4-6-12/h7-8,12H,2-6,9-10H2,1H3/t21-/m0/s1. The fourth-order valence-corrected chi connectivity index (χ4v) is 4.91. The SMILES string of the molecule is Cc1cc(C[S@@](=O)Cc2csc(C3CCCCC3)n2)on1. The molecule has 0 unspecified atom stereocenters. The molecule has 1 aliphatic rings. The topological polar surface area (TPSA) is 56.0 Å². The molecule has 0 saturated heterocycles. The van der Waals surface area contributed by atoms with Crippen molar-refractivity contribution in [3.63, 3.8) is 0 Å². The van der Waals surface area contributed by atoms with Crippen LogP contribution in [0.4, 0.5) is 0 Å². The highest BCUT2D eigenvalue weighted by molar-refractivity contribution is 7.83. The Morgan fingerprint density at radius 2 is 2.14 bits per heavy atom. The summed E-state index contributed by atoms with van der Waals surface area (Å²) < 4.78 is 17.3. The van der Waals surface area contributed by atoms with E-state index in [4.69, 9.17) is 9.51 Å². The Labute approximate surface area is 131 Å². The highest BCUT2D eigenvalue weighted by Crippen LogP contribution is 2.34. The van der Waals surface area contributed by atoms with E-state index < -0.39 is 10.8 Å². The first-order valence-electron chi connectivity index (χ1n) is 7.42. The van der Waals surface area contributed by atoms with Crippen LogP contribution in [0, 0.1) is 6.92 Å². The van der Waals surface area contributed by atoms with Crippen molar-refractivity contribution in [2.45, 2.75) is 56.5 Å². The maximum absolute atomic E-state index is 12.2. The summed E-state index contributed by atoms with van der Waals surface area (Å²) in [5, 5.41) is 7.12. The van der Waals surface area contributed by atoms with Gasteiger partial charge in [0.1, 0.15) is 5.76 Å². The summed E-state index contributed by atoms with van der Waals surface area (Å²) in [4.78, 5) is 4.70. The summed E-state index contributed by atoms with van der Waals surface area (Å²) in [6.45, 7) is 1.87. The molecular weight excluding hydrogens is 304 g/mol. The van der Waals surface area contributed by atoms with Gasteiger partial charge in [-0.15, -0.1) is 11.3 Å². The van der Waals surface area contributed by atoms with Gasteiger partial charge >= 0.3 is 0 Å². The Morgan fingerprint density at radius 3 is 2.86 bits per heavy atom. The van der Waals surface area contributed by atoms with Crippen LogP contribution in [-0.2, 0) is 22.3 Å². The minimum absolute atomic E-state index is 0.414. The van der Waals surface area contributed by atoms with Gasteiger partial charge < -0.3 is 4.52 Å². The largest absolute Gasteiger partial charge is 0.360 e. The molecule has 0 aromatic carbocycles. The lowest BCUT2D eigenvalue weighted by Crippen LogP contribution is -2.05. The van der Waals surface area contributed by atoms with Crippen LogP contribution < -0.4 is 0 Å². The molecule has 21 heavy (non-hydrogen) atoms. The molecule has 0 N–H and O–H groups in total. The summed E-state index contributed by atoms with van der Waals surface area (Å²) in [6, 6.07) is 1.84. The van der Waals surface area contributed by atoms with Crippen molar-refractivity contribution in [2.75, 3.05) is 0 Å². The van der Waals surface area contributed by atoms with E-state index in [0.29, 0.717) is 23.2 Å². The summed E-state index contributed by atoms with van der Waals surface area (Å²) in [5.74, 6) is 2.23. The van der Waals surface area contributed by atoms with Crippen LogP contribution in [0.2, 0.25) is 0 Å². The van der Waals surface area contributed by atoms with Gasteiger partial charge in [0.05, 0.1) is 27.9 Å². The van der Waals surface area contributed by atoms with Crippen LogP contribution in [-0.4, -0.2) is 14.3 Å². The van der Waals surface area contributed by atoms with Crippen molar-refractivity contribution in [1.82, 2.24) is 10.1 Å². The van der Waals surface area contributed by atoms with E-state index >= 15 is 0 Å². The van der Waals surface area contributed by atoms with Crippen molar-refractivity contribution in [2.24, 2.45) is 0 Å². The summed E-state index contributed by atoms with van der Waals surface area (Å²) in [6.07, 6.45) is 6.50. The van der Waals surface area contributed by atoms with Gasteiger partial charge in [-0.1, -0.05) is 24.4 Å². The predicted molar refractivity (Wildman–Crippen MR) is 84.7 cm³/mol. The zero-order valence-corrected chi connectivity index (χ0v) is 13.8. The molecule has 6 heteroatoms. The lowest BCUT2D eigenvalue weighted by molar-refractivity contribution is 0.390. The van der Waals surface area contributed by atoms with Crippen LogP contribution in [0.25, 0.3) is 0 Å². The van der Waals surface area contributed by atoms with Crippen LogP contribution in [0.1, 0.15) is 60.2 Å². The molecule has 0 radical (unpaired) electrons. The van der Waals surface area contributed by atoms with Gasteiger partial charge in [-0.25, -0.2) is 4.98 Å². The summed E-state index contributed by atoms with van der Waals surface area (Å²) >= 11 is 1.73. The number of rotatable bonds is 5. The molecule has 2 aromatic heterocycles. The highest BCUT2D eigenvalue weighted by atomic mass is 32.2. The maximum atomic E-state index is 12.2. The lowest BCUT2D eigenvalue weighted by atomic mass is 9.90. The molecule has 1 fully saturated rings. The third-order valence-electron chi connectivity index (χ3n) is 3.81. The molecule has 0 bridgehead atoms. The average Bonchev–Trinajstić information content (AvgIpc) is 3.09. The van der Waals surface area contributed by atoms with Crippen molar-refractivity contribution in [3.8, 4) is 0 Å². The van der Waals surface area contributed by atoms with Gasteiger partial charge in [0.25, 0.3) is 0 Å². The van der Waals surface area contributed by atoms with Crippen molar-refractivity contribution >= 4 is 22.1 Å². The third-order valence-corrected chi connectivity index (χ3v) is 6.09. The van der Waals surface area contributed by atoms with Crippen LogP contribution in [0.3, 0.4) is 0 Å². The summed E-state index contributed by atoms with van der Waals surface area (Å²) in [5.41, 5.74) is 1.78. The van der Waals surface area contributed by atoms with Gasteiger partial charge in [-0.3, -0.25) is 4.21 Å². The first kappa shape index (κ1) is 14.9. The molecule has 1 saturated carbocycles. The molecule has 4 nitrogen and oxygen atoms in total. The predicted octanol–water partition coefficient (Wildman–Crippen LogP) is 3.94. The Morgan fingerprint density at radius 1 is 1.33 bits per heavy atom. The van der Waals surface area contributed by atoms with Crippen LogP contribution >= 0.6 is 11.3 Å². The Hall–Kier alpha value is -1.01. The highest BCUT2D eigenvalue weighted by Gasteiger charge is 2.19. The molecule has 1 aliphatic carbocycles. The average molecular weight is 324 g/mol. The number of thiazole rings is 1. The minimum Gasteiger partial charge on any atom is -0.360 e. The number of hydrogen-bond donors (Lipinski definition) is 0. The number of aromatic nitrogens is 2. The molecule has 2 heterocycles. The first-order valence-corrected chi connectivity index (χ1v) is 9.79. The lowest BCUT2D eigenvalue weighted by Gasteiger charge is -2.18. The van der Waals surface area contributed by atoms with E-state index in [1.807, 2.05) is 13.0 Å². The Bertz CT molecular complexity index is 615. The fraction of sp³-hybridized carbons (Fsp3) is 0.600.